The predicted molar refractivity (Wildman–Crippen MR) is 110 cm³/mol. The second-order valence-electron chi connectivity index (χ2n) is 6.70. The fourth-order valence-corrected chi connectivity index (χ4v) is 2.75. The number of aryl methyl sites for hydroxylation is 1. The van der Waals surface area contributed by atoms with Crippen molar-refractivity contribution in [2.24, 2.45) is 0 Å². The van der Waals surface area contributed by atoms with Crippen LogP contribution in [0.15, 0.2) is 30.6 Å². The van der Waals surface area contributed by atoms with E-state index in [1.807, 2.05) is 13.8 Å². The van der Waals surface area contributed by atoms with Gasteiger partial charge in [-0.05, 0) is 38.8 Å². The van der Waals surface area contributed by atoms with Crippen LogP contribution in [-0.4, -0.2) is 62.1 Å². The van der Waals surface area contributed by atoms with E-state index < -0.39 is 0 Å². The Bertz CT molecular complexity index is 990. The molecule has 3 rings (SSSR count). The third-order valence-corrected chi connectivity index (χ3v) is 4.33. The van der Waals surface area contributed by atoms with E-state index in [4.69, 9.17) is 10.8 Å². The molecule has 0 atom stereocenters. The first-order valence-corrected chi connectivity index (χ1v) is 9.15. The molecule has 0 spiro atoms. The van der Waals surface area contributed by atoms with Gasteiger partial charge in [0.2, 0.25) is 0 Å². The van der Waals surface area contributed by atoms with Crippen molar-refractivity contribution in [2.45, 2.75) is 26.8 Å². The van der Waals surface area contributed by atoms with Crippen LogP contribution in [0.5, 0.6) is 0 Å². The number of pyridine rings is 1. The number of hydrogen-bond acceptors (Lipinski definition) is 6. The lowest BCUT2D eigenvalue weighted by molar-refractivity contribution is 0.236. The van der Waals surface area contributed by atoms with Gasteiger partial charge in [-0.2, -0.15) is 0 Å². The molecule has 148 valence electrons. The van der Waals surface area contributed by atoms with Gasteiger partial charge in [-0.15, -0.1) is 0 Å². The minimum absolute atomic E-state index is 0.0459. The summed E-state index contributed by atoms with van der Waals surface area (Å²) in [4.78, 5) is 29.8. The summed E-state index contributed by atoms with van der Waals surface area (Å²) in [5, 5.41) is 15.8. The van der Waals surface area contributed by atoms with Crippen LogP contribution >= 0.6 is 0 Å². The Balaban J connectivity index is 1.77. The van der Waals surface area contributed by atoms with E-state index in [0.29, 0.717) is 36.0 Å². The zero-order valence-corrected chi connectivity index (χ0v) is 16.5. The first-order chi connectivity index (χ1) is 13.9. The van der Waals surface area contributed by atoms with Crippen molar-refractivity contribution >= 4 is 24.0 Å². The molecular formula is C20H22N8O. The highest BCUT2D eigenvalue weighted by atomic mass is 16.2. The highest BCUT2D eigenvalue weighted by molar-refractivity contribution is 6.01. The molecular weight excluding hydrogens is 368 g/mol. The van der Waals surface area contributed by atoms with Gasteiger partial charge in [0.25, 0.3) is 0 Å². The molecule has 0 radical (unpaired) electrons. The minimum atomic E-state index is -0.269. The molecule has 1 aliphatic rings. The molecule has 1 aliphatic heterocycles. The van der Waals surface area contributed by atoms with Gasteiger partial charge in [-0.1, -0.05) is 6.07 Å². The number of anilines is 1. The Morgan fingerprint density at radius 3 is 2.66 bits per heavy atom. The number of hydrogen-bond donors (Lipinski definition) is 2. The molecule has 9 nitrogen and oxygen atoms in total. The van der Waals surface area contributed by atoms with Crippen molar-refractivity contribution in [3.05, 3.63) is 47.7 Å². The topological polar surface area (TPSA) is 113 Å². The number of amides is 2. The van der Waals surface area contributed by atoms with Crippen molar-refractivity contribution in [1.29, 1.82) is 10.8 Å². The van der Waals surface area contributed by atoms with Crippen molar-refractivity contribution < 1.29 is 4.79 Å². The Morgan fingerprint density at radius 1 is 1.28 bits per heavy atom. The molecule has 0 saturated carbocycles. The van der Waals surface area contributed by atoms with Crippen molar-refractivity contribution in [1.82, 2.24) is 24.8 Å². The van der Waals surface area contributed by atoms with Gasteiger partial charge >= 0.3 is 6.03 Å². The minimum Gasteiger partial charge on any atom is -0.314 e. The maximum absolute atomic E-state index is 12.7. The molecule has 3 heterocycles. The molecule has 2 aromatic heterocycles. The van der Waals surface area contributed by atoms with Gasteiger partial charge < -0.3 is 4.90 Å². The van der Waals surface area contributed by atoms with Gasteiger partial charge in [0, 0.05) is 31.0 Å². The van der Waals surface area contributed by atoms with Gasteiger partial charge in [0.1, 0.15) is 17.3 Å². The Kier molecular flexibility index (Phi) is 5.83. The SMILES string of the molecule is Cc1ncc(C#CN2CCN(c3cccc(C(=N)N(C=N)C(C)C)n3)C2=O)cn1. The number of nitrogens with one attached hydrogen (secondary N) is 2. The zero-order chi connectivity index (χ0) is 21.0. The summed E-state index contributed by atoms with van der Waals surface area (Å²) in [6, 6.07) is 7.71. The second kappa shape index (κ2) is 8.48. The van der Waals surface area contributed by atoms with Crippen molar-refractivity contribution in [3.63, 3.8) is 0 Å². The predicted octanol–water partition coefficient (Wildman–Crippen LogP) is 2.07. The average molecular weight is 390 g/mol. The van der Waals surface area contributed by atoms with E-state index in [1.165, 1.54) is 14.7 Å². The first kappa shape index (κ1) is 19.9. The fourth-order valence-electron chi connectivity index (χ4n) is 2.75. The summed E-state index contributed by atoms with van der Waals surface area (Å²) in [6.45, 7) is 6.47. The second-order valence-corrected chi connectivity index (χ2v) is 6.70. The standard InChI is InChI=1S/C20H22N8O/c1-14(2)28(13-21)19(22)17-5-4-6-18(25-17)27-10-9-26(20(27)29)8-7-16-11-23-15(3)24-12-16/h4-6,11-14,21-22H,9-10H2,1-3H3. The van der Waals surface area contributed by atoms with Crippen LogP contribution in [0.1, 0.15) is 30.9 Å². The van der Waals surface area contributed by atoms with E-state index in [0.717, 1.165) is 6.34 Å². The lowest BCUT2D eigenvalue weighted by Gasteiger charge is -2.24. The van der Waals surface area contributed by atoms with E-state index in [-0.39, 0.29) is 17.9 Å². The highest BCUT2D eigenvalue weighted by Crippen LogP contribution is 2.19. The molecule has 29 heavy (non-hydrogen) atoms. The molecule has 1 saturated heterocycles. The lowest BCUT2D eigenvalue weighted by Crippen LogP contribution is -2.36. The van der Waals surface area contributed by atoms with E-state index in [9.17, 15) is 4.79 Å². The lowest BCUT2D eigenvalue weighted by atomic mass is 10.2. The summed E-state index contributed by atoms with van der Waals surface area (Å²) in [6.07, 6.45) is 4.34. The summed E-state index contributed by atoms with van der Waals surface area (Å²) in [5.41, 5.74) is 1.03. The number of aromatic nitrogens is 3. The number of rotatable bonds is 4. The maximum atomic E-state index is 12.7. The molecule has 0 unspecified atom stereocenters. The number of urea groups is 1. The number of carbonyl (C=O) groups excluding carboxylic acids is 1. The van der Waals surface area contributed by atoms with Gasteiger partial charge in [0.05, 0.1) is 18.4 Å². The Labute approximate surface area is 169 Å². The number of nitrogens with zero attached hydrogens (tertiary/aromatic N) is 6. The summed E-state index contributed by atoms with van der Waals surface area (Å²) in [7, 11) is 0. The normalized spacial score (nSPS) is 13.3. The van der Waals surface area contributed by atoms with Crippen LogP contribution < -0.4 is 4.90 Å². The van der Waals surface area contributed by atoms with Gasteiger partial charge in [0.15, 0.2) is 5.84 Å². The quantitative estimate of drug-likeness (QED) is 0.471. The van der Waals surface area contributed by atoms with Crippen molar-refractivity contribution in [2.75, 3.05) is 18.0 Å². The zero-order valence-electron chi connectivity index (χ0n) is 16.5. The third-order valence-electron chi connectivity index (χ3n) is 4.33. The summed E-state index contributed by atoms with van der Waals surface area (Å²) >= 11 is 0. The third kappa shape index (κ3) is 4.38. The monoisotopic (exact) mass is 390 g/mol. The largest absolute Gasteiger partial charge is 0.337 e. The Morgan fingerprint density at radius 2 is 2.00 bits per heavy atom. The molecule has 2 amide bonds. The summed E-state index contributed by atoms with van der Waals surface area (Å²) in [5.74, 6) is 4.12. The van der Waals surface area contributed by atoms with E-state index >= 15 is 0 Å². The van der Waals surface area contributed by atoms with Crippen molar-refractivity contribution in [3.8, 4) is 12.0 Å². The summed E-state index contributed by atoms with van der Waals surface area (Å²) < 4.78 is 0. The molecule has 0 aliphatic carbocycles. The smallest absolute Gasteiger partial charge is 0.314 e. The molecule has 0 aromatic carbocycles. The average Bonchev–Trinajstić information content (AvgIpc) is 3.08. The van der Waals surface area contributed by atoms with Crippen LogP contribution in [0, 0.1) is 29.7 Å². The van der Waals surface area contributed by atoms with Gasteiger partial charge in [-0.3, -0.25) is 20.6 Å². The van der Waals surface area contributed by atoms with Crippen LogP contribution in [0.25, 0.3) is 0 Å². The molecule has 2 aromatic rings. The van der Waals surface area contributed by atoms with Crippen LogP contribution in [0.2, 0.25) is 0 Å². The molecule has 1 fully saturated rings. The highest BCUT2D eigenvalue weighted by Gasteiger charge is 2.30. The van der Waals surface area contributed by atoms with Crippen LogP contribution in [0.3, 0.4) is 0 Å². The van der Waals surface area contributed by atoms with Gasteiger partial charge in [-0.25, -0.2) is 19.7 Å². The molecule has 9 heteroatoms. The Hall–Kier alpha value is -3.80. The molecule has 0 bridgehead atoms. The van der Waals surface area contributed by atoms with E-state index in [1.54, 1.807) is 37.5 Å². The number of amidine groups is 1. The van der Waals surface area contributed by atoms with Crippen LogP contribution in [0.4, 0.5) is 10.6 Å². The molecule has 2 N–H and O–H groups in total. The number of carbonyl (C=O) groups is 1. The maximum Gasteiger partial charge on any atom is 0.337 e. The fraction of sp³-hybridized carbons (Fsp3) is 0.300. The van der Waals surface area contributed by atoms with E-state index in [2.05, 4.69) is 26.9 Å². The first-order valence-electron chi connectivity index (χ1n) is 9.15. The van der Waals surface area contributed by atoms with Crippen LogP contribution in [-0.2, 0) is 0 Å².